The molecule has 0 heterocycles. The lowest BCUT2D eigenvalue weighted by Gasteiger charge is -2.26. The number of hydrogen-bond donors (Lipinski definition) is 12. The van der Waals surface area contributed by atoms with E-state index in [-0.39, 0.29) is 55.4 Å². The number of nitrogens with one attached hydrogen (secondary N) is 4. The largest absolute Gasteiger partial charge is 0.508 e. The third-order valence-corrected chi connectivity index (χ3v) is 7.26. The van der Waals surface area contributed by atoms with Gasteiger partial charge in [0.05, 0.1) is 6.04 Å². The molecule has 0 unspecified atom stereocenters. The van der Waals surface area contributed by atoms with E-state index < -0.39 is 59.8 Å². The van der Waals surface area contributed by atoms with E-state index >= 15 is 0 Å². The molecular formula is C27H45N9O7S2. The number of phenols is 1. The van der Waals surface area contributed by atoms with Crippen molar-refractivity contribution in [3.05, 3.63) is 29.8 Å². The molecule has 0 aliphatic rings. The number of carboxylic acids is 1. The Bertz CT molecular complexity index is 1150. The fourth-order valence-corrected chi connectivity index (χ4v) is 4.39. The predicted molar refractivity (Wildman–Crippen MR) is 176 cm³/mol. The van der Waals surface area contributed by atoms with Crippen molar-refractivity contribution in [1.82, 2.24) is 21.3 Å². The molecule has 0 fully saturated rings. The first-order chi connectivity index (χ1) is 21.3. The fourth-order valence-electron chi connectivity index (χ4n) is 3.98. The van der Waals surface area contributed by atoms with Crippen LogP contribution < -0.4 is 44.2 Å². The van der Waals surface area contributed by atoms with Crippen LogP contribution in [0.1, 0.15) is 37.7 Å². The van der Waals surface area contributed by atoms with E-state index in [1.165, 1.54) is 12.1 Å². The van der Waals surface area contributed by atoms with Gasteiger partial charge in [0.1, 0.15) is 29.9 Å². The minimum atomic E-state index is -1.30. The third-order valence-electron chi connectivity index (χ3n) is 6.50. The molecule has 4 amide bonds. The van der Waals surface area contributed by atoms with E-state index in [9.17, 15) is 34.2 Å². The minimum absolute atomic E-state index is 0.00694. The van der Waals surface area contributed by atoms with Crippen molar-refractivity contribution in [2.75, 3.05) is 24.6 Å². The first-order valence-electron chi connectivity index (χ1n) is 14.3. The molecule has 1 rings (SSSR count). The summed E-state index contributed by atoms with van der Waals surface area (Å²) >= 11 is 7.99. The summed E-state index contributed by atoms with van der Waals surface area (Å²) in [6.07, 6.45) is 1.41. The van der Waals surface area contributed by atoms with Crippen LogP contribution in [0.5, 0.6) is 5.75 Å². The third kappa shape index (κ3) is 15.2. The number of nitrogens with zero attached hydrogens (tertiary/aromatic N) is 1. The van der Waals surface area contributed by atoms with Gasteiger partial charge < -0.3 is 54.4 Å². The number of benzene rings is 1. The molecule has 18 heteroatoms. The van der Waals surface area contributed by atoms with E-state index in [0.29, 0.717) is 24.9 Å². The molecule has 45 heavy (non-hydrogen) atoms. The maximum Gasteiger partial charge on any atom is 0.327 e. The average molecular weight is 672 g/mol. The lowest BCUT2D eigenvalue weighted by Crippen LogP contribution is -2.59. The van der Waals surface area contributed by atoms with E-state index in [0.717, 1.165) is 0 Å². The molecule has 1 aromatic rings. The summed E-state index contributed by atoms with van der Waals surface area (Å²) < 4.78 is 0. The number of aliphatic imine (C=N–C) groups is 1. The van der Waals surface area contributed by atoms with Gasteiger partial charge in [-0.15, -0.1) is 0 Å². The smallest absolute Gasteiger partial charge is 0.327 e. The van der Waals surface area contributed by atoms with Crippen LogP contribution in [0.15, 0.2) is 29.3 Å². The van der Waals surface area contributed by atoms with Crippen molar-refractivity contribution in [3.8, 4) is 5.75 Å². The van der Waals surface area contributed by atoms with Crippen LogP contribution in [0, 0.1) is 0 Å². The summed E-state index contributed by atoms with van der Waals surface area (Å²) in [6, 6.07) is 0.126. The highest BCUT2D eigenvalue weighted by Crippen LogP contribution is 2.12. The van der Waals surface area contributed by atoms with Gasteiger partial charge in [-0.05, 0) is 56.3 Å². The lowest BCUT2D eigenvalue weighted by molar-refractivity contribution is -0.141. The fraction of sp³-hybridized carbons (Fsp3) is 0.556. The quantitative estimate of drug-likeness (QED) is 0.0277. The Morgan fingerprint density at radius 2 is 1.27 bits per heavy atom. The number of aromatic hydroxyl groups is 1. The number of guanidine groups is 1. The van der Waals surface area contributed by atoms with Crippen LogP contribution in [-0.2, 0) is 30.4 Å². The van der Waals surface area contributed by atoms with E-state index in [2.05, 4.69) is 51.5 Å². The van der Waals surface area contributed by atoms with Crippen LogP contribution in [0.3, 0.4) is 0 Å². The highest BCUT2D eigenvalue weighted by atomic mass is 32.1. The Labute approximate surface area is 272 Å². The van der Waals surface area contributed by atoms with Gasteiger partial charge >= 0.3 is 5.97 Å². The first kappa shape index (κ1) is 39.3. The molecule has 16 nitrogen and oxygen atoms in total. The van der Waals surface area contributed by atoms with Gasteiger partial charge in [0.2, 0.25) is 23.6 Å². The highest BCUT2D eigenvalue weighted by molar-refractivity contribution is 7.80. The molecule has 0 aliphatic carbocycles. The molecule has 5 atom stereocenters. The summed E-state index contributed by atoms with van der Waals surface area (Å²) in [4.78, 5) is 68.1. The SMILES string of the molecule is NCCCC[C@H](NC(=O)[C@H](CCCN=C(N)N)NC(=O)[C@H](Cc1ccc(O)cc1)NC(=O)[C@@H](N)CS)C(=O)N[C@@H](CS)C(=O)O. The van der Waals surface area contributed by atoms with Gasteiger partial charge in [0, 0.05) is 24.5 Å². The molecule has 252 valence electrons. The number of thiol groups is 2. The number of carbonyl (C=O) groups is 5. The Hall–Kier alpha value is -3.74. The first-order valence-corrected chi connectivity index (χ1v) is 15.5. The molecule has 14 N–H and O–H groups in total. The predicted octanol–water partition coefficient (Wildman–Crippen LogP) is -2.67. The molecule has 0 aromatic heterocycles. The van der Waals surface area contributed by atoms with Gasteiger partial charge in [-0.25, -0.2) is 4.79 Å². The number of rotatable bonds is 21. The van der Waals surface area contributed by atoms with Crippen molar-refractivity contribution in [2.24, 2.45) is 27.9 Å². The second-order valence-corrected chi connectivity index (χ2v) is 10.9. The Balaban J connectivity index is 3.28. The van der Waals surface area contributed by atoms with Crippen molar-refractivity contribution < 1.29 is 34.2 Å². The second kappa shape index (κ2) is 21.1. The van der Waals surface area contributed by atoms with Gasteiger partial charge in [-0.2, -0.15) is 25.3 Å². The molecular weight excluding hydrogens is 626 g/mol. The number of phenolic OH excluding ortho intramolecular Hbond substituents is 1. The number of carbonyl (C=O) groups excluding carboxylic acids is 4. The average Bonchev–Trinajstić information content (AvgIpc) is 3.00. The number of nitrogens with two attached hydrogens (primary N) is 4. The Morgan fingerprint density at radius 1 is 0.756 bits per heavy atom. The standard InChI is InChI=1S/C27H45N9O7S2/c28-10-2-1-4-18(24(40)36-21(14-45)26(42)43)33-23(39)19(5-3-11-32-27(30)31)34-25(41)20(35-22(38)17(29)13-44)12-15-6-8-16(37)9-7-15/h6-9,17-21,37,44-45H,1-5,10-14,28-29H2,(H,33,39)(H,34,41)(H,35,38)(H,36,40)(H,42,43)(H4,30,31,32)/t17-,18-,19-,20-,21-/m0/s1. The number of aliphatic carboxylic acids is 1. The maximum absolute atomic E-state index is 13.6. The Kier molecular flexibility index (Phi) is 18.4. The van der Waals surface area contributed by atoms with E-state index in [4.69, 9.17) is 22.9 Å². The van der Waals surface area contributed by atoms with Crippen molar-refractivity contribution >= 4 is 60.8 Å². The molecule has 0 aliphatic heterocycles. The summed E-state index contributed by atoms with van der Waals surface area (Å²) in [5.74, 6) is -4.47. The topological polar surface area (TPSA) is 290 Å². The van der Waals surface area contributed by atoms with Gasteiger partial charge in [0.25, 0.3) is 0 Å². The monoisotopic (exact) mass is 671 g/mol. The molecule has 0 spiro atoms. The van der Waals surface area contributed by atoms with Crippen molar-refractivity contribution in [2.45, 2.75) is 68.7 Å². The maximum atomic E-state index is 13.6. The minimum Gasteiger partial charge on any atom is -0.508 e. The molecule has 1 aromatic carbocycles. The molecule has 0 radical (unpaired) electrons. The van der Waals surface area contributed by atoms with E-state index in [1.54, 1.807) is 12.1 Å². The normalized spacial score (nSPS) is 14.1. The van der Waals surface area contributed by atoms with Gasteiger partial charge in [-0.1, -0.05) is 12.1 Å². The van der Waals surface area contributed by atoms with E-state index in [1.807, 2.05) is 0 Å². The molecule has 0 bridgehead atoms. The molecule has 0 saturated heterocycles. The molecule has 0 saturated carbocycles. The summed E-state index contributed by atoms with van der Waals surface area (Å²) in [7, 11) is 0. The van der Waals surface area contributed by atoms with Crippen LogP contribution in [0.25, 0.3) is 0 Å². The van der Waals surface area contributed by atoms with Gasteiger partial charge in [0.15, 0.2) is 5.96 Å². The summed E-state index contributed by atoms with van der Waals surface area (Å²) in [5.41, 5.74) is 22.7. The zero-order valence-corrected chi connectivity index (χ0v) is 26.6. The van der Waals surface area contributed by atoms with Crippen LogP contribution in [-0.4, -0.2) is 101 Å². The second-order valence-electron chi connectivity index (χ2n) is 10.2. The highest BCUT2D eigenvalue weighted by Gasteiger charge is 2.31. The number of carboxylic acid groups (broad SMARTS) is 1. The number of hydrogen-bond acceptors (Lipinski definition) is 11. The van der Waals surface area contributed by atoms with Gasteiger partial charge in [-0.3, -0.25) is 24.2 Å². The van der Waals surface area contributed by atoms with Crippen LogP contribution in [0.2, 0.25) is 0 Å². The van der Waals surface area contributed by atoms with Crippen LogP contribution >= 0.6 is 25.3 Å². The summed E-state index contributed by atoms with van der Waals surface area (Å²) in [5, 5.41) is 29.1. The summed E-state index contributed by atoms with van der Waals surface area (Å²) in [6.45, 7) is 0.472. The van der Waals surface area contributed by atoms with Crippen molar-refractivity contribution in [1.29, 1.82) is 0 Å². The lowest BCUT2D eigenvalue weighted by atomic mass is 10.0. The van der Waals surface area contributed by atoms with Crippen molar-refractivity contribution in [3.63, 3.8) is 0 Å². The zero-order valence-electron chi connectivity index (χ0n) is 24.9. The number of amides is 4. The van der Waals surface area contributed by atoms with Crippen LogP contribution in [0.4, 0.5) is 0 Å². The number of unbranched alkanes of at least 4 members (excludes halogenated alkanes) is 1. The Morgan fingerprint density at radius 3 is 1.76 bits per heavy atom. The zero-order chi connectivity index (χ0) is 33.9.